The van der Waals surface area contributed by atoms with E-state index in [1.165, 1.54) is 12.1 Å². The van der Waals surface area contributed by atoms with Gasteiger partial charge < -0.3 is 4.90 Å². The van der Waals surface area contributed by atoms with Crippen LogP contribution in [0.1, 0.15) is 19.8 Å². The molecule has 0 aliphatic heterocycles. The zero-order valence-corrected chi connectivity index (χ0v) is 6.07. The van der Waals surface area contributed by atoms with Gasteiger partial charge in [0.2, 0.25) is 0 Å². The van der Waals surface area contributed by atoms with Crippen LogP contribution in [-0.2, 0) is 0 Å². The number of rotatable bonds is 3. The van der Waals surface area contributed by atoms with Crippen LogP contribution >= 0.6 is 0 Å². The van der Waals surface area contributed by atoms with Crippen LogP contribution in [0.4, 0.5) is 0 Å². The summed E-state index contributed by atoms with van der Waals surface area (Å²) in [6.45, 7) is 6.03. The molecule has 0 atom stereocenters. The molecular weight excluding hydrogens is 98.1 g/mol. The summed E-state index contributed by atoms with van der Waals surface area (Å²) in [7, 11) is 4.05. The molecule has 1 nitrogen and oxygen atoms in total. The van der Waals surface area contributed by atoms with Crippen molar-refractivity contribution in [1.29, 1.82) is 0 Å². The monoisotopic (exact) mass is 113 g/mol. The van der Waals surface area contributed by atoms with Crippen molar-refractivity contribution in [2.24, 2.45) is 0 Å². The fourth-order valence-corrected chi connectivity index (χ4v) is 0.512. The van der Waals surface area contributed by atoms with E-state index in [2.05, 4.69) is 18.4 Å². The molecule has 0 amide bonds. The molecule has 0 saturated carbocycles. The minimum Gasteiger partial charge on any atom is -0.381 e. The molecular formula is C7H15N. The van der Waals surface area contributed by atoms with E-state index < -0.39 is 0 Å². The van der Waals surface area contributed by atoms with Crippen LogP contribution < -0.4 is 0 Å². The van der Waals surface area contributed by atoms with E-state index in [1.807, 2.05) is 14.1 Å². The number of hydrogen-bond acceptors (Lipinski definition) is 1. The highest BCUT2D eigenvalue weighted by Crippen LogP contribution is 2.02. The van der Waals surface area contributed by atoms with Gasteiger partial charge in [0, 0.05) is 19.8 Å². The lowest BCUT2D eigenvalue weighted by Gasteiger charge is -2.13. The summed E-state index contributed by atoms with van der Waals surface area (Å²) in [5, 5.41) is 0. The fourth-order valence-electron chi connectivity index (χ4n) is 0.512. The Morgan fingerprint density at radius 1 is 1.50 bits per heavy atom. The molecule has 0 unspecified atom stereocenters. The fraction of sp³-hybridized carbons (Fsp3) is 0.714. The Bertz CT molecular complexity index is 74.5. The van der Waals surface area contributed by atoms with Crippen molar-refractivity contribution in [2.75, 3.05) is 14.1 Å². The Balaban J connectivity index is 3.33. The predicted molar refractivity (Wildman–Crippen MR) is 37.7 cm³/mol. The summed E-state index contributed by atoms with van der Waals surface area (Å²) in [4.78, 5) is 2.06. The first-order valence-electron chi connectivity index (χ1n) is 3.03. The van der Waals surface area contributed by atoms with Crippen molar-refractivity contribution in [3.8, 4) is 0 Å². The zero-order chi connectivity index (χ0) is 6.57. The van der Waals surface area contributed by atoms with E-state index in [0.29, 0.717) is 0 Å². The average Bonchev–Trinajstić information content (AvgIpc) is 1.67. The molecule has 0 fully saturated rings. The minimum atomic E-state index is 1.12. The summed E-state index contributed by atoms with van der Waals surface area (Å²) >= 11 is 0. The number of allylic oxidation sites excluding steroid dienone is 1. The van der Waals surface area contributed by atoms with Gasteiger partial charge in [-0.2, -0.15) is 0 Å². The molecule has 0 heterocycles. The molecule has 0 aromatic heterocycles. The quantitative estimate of drug-likeness (QED) is 0.540. The highest BCUT2D eigenvalue weighted by molar-refractivity contribution is 4.89. The van der Waals surface area contributed by atoms with E-state index in [4.69, 9.17) is 0 Å². The van der Waals surface area contributed by atoms with Crippen LogP contribution in [0.15, 0.2) is 12.3 Å². The van der Waals surface area contributed by atoms with E-state index in [9.17, 15) is 0 Å². The summed E-state index contributed by atoms with van der Waals surface area (Å²) in [6, 6.07) is 0. The first kappa shape index (κ1) is 7.54. The van der Waals surface area contributed by atoms with Crippen molar-refractivity contribution in [3.05, 3.63) is 12.3 Å². The lowest BCUT2D eigenvalue weighted by atomic mass is 10.3. The van der Waals surface area contributed by atoms with Crippen LogP contribution in [-0.4, -0.2) is 19.0 Å². The van der Waals surface area contributed by atoms with Gasteiger partial charge in [-0.3, -0.25) is 0 Å². The standard InChI is InChI=1S/C7H15N/c1-5-6-7(2)8(3)4/h2,5-6H2,1,3-4H3. The third kappa shape index (κ3) is 2.67. The van der Waals surface area contributed by atoms with Gasteiger partial charge in [0.1, 0.15) is 0 Å². The van der Waals surface area contributed by atoms with E-state index in [1.54, 1.807) is 0 Å². The van der Waals surface area contributed by atoms with Gasteiger partial charge in [-0.25, -0.2) is 0 Å². The molecule has 0 aromatic carbocycles. The molecule has 0 radical (unpaired) electrons. The van der Waals surface area contributed by atoms with E-state index in [0.717, 1.165) is 6.42 Å². The van der Waals surface area contributed by atoms with Gasteiger partial charge in [-0.15, -0.1) is 0 Å². The van der Waals surface area contributed by atoms with Crippen LogP contribution in [0.5, 0.6) is 0 Å². The zero-order valence-electron chi connectivity index (χ0n) is 6.07. The van der Waals surface area contributed by atoms with Crippen molar-refractivity contribution < 1.29 is 0 Å². The Morgan fingerprint density at radius 3 is 2.12 bits per heavy atom. The molecule has 0 bridgehead atoms. The van der Waals surface area contributed by atoms with Gasteiger partial charge in [0.25, 0.3) is 0 Å². The summed E-state index contributed by atoms with van der Waals surface area (Å²) < 4.78 is 0. The molecule has 1 heteroatoms. The second-order valence-corrected chi connectivity index (χ2v) is 2.21. The SMILES string of the molecule is C=C(CCC)N(C)C. The minimum absolute atomic E-state index is 1.12. The van der Waals surface area contributed by atoms with Crippen LogP contribution in [0, 0.1) is 0 Å². The summed E-state index contributed by atoms with van der Waals surface area (Å²) in [5.41, 5.74) is 1.22. The molecule has 0 N–H and O–H groups in total. The van der Waals surface area contributed by atoms with E-state index in [-0.39, 0.29) is 0 Å². The second-order valence-electron chi connectivity index (χ2n) is 2.21. The topological polar surface area (TPSA) is 3.24 Å². The highest BCUT2D eigenvalue weighted by Gasteiger charge is 1.90. The molecule has 0 aliphatic rings. The van der Waals surface area contributed by atoms with Crippen molar-refractivity contribution in [3.63, 3.8) is 0 Å². The van der Waals surface area contributed by atoms with Gasteiger partial charge >= 0.3 is 0 Å². The number of hydrogen-bond donors (Lipinski definition) is 0. The maximum atomic E-state index is 3.87. The maximum Gasteiger partial charge on any atom is 0.00579 e. The largest absolute Gasteiger partial charge is 0.381 e. The van der Waals surface area contributed by atoms with Gasteiger partial charge in [-0.05, 0) is 6.42 Å². The molecule has 8 heavy (non-hydrogen) atoms. The smallest absolute Gasteiger partial charge is 0.00579 e. The second kappa shape index (κ2) is 3.53. The molecule has 0 rings (SSSR count). The molecule has 48 valence electrons. The van der Waals surface area contributed by atoms with Gasteiger partial charge in [-0.1, -0.05) is 19.9 Å². The first-order chi connectivity index (χ1) is 3.68. The van der Waals surface area contributed by atoms with Crippen LogP contribution in [0.3, 0.4) is 0 Å². The lowest BCUT2D eigenvalue weighted by molar-refractivity contribution is 0.487. The number of nitrogens with zero attached hydrogens (tertiary/aromatic N) is 1. The third-order valence-electron chi connectivity index (χ3n) is 1.17. The first-order valence-corrected chi connectivity index (χ1v) is 3.03. The summed E-state index contributed by atoms with van der Waals surface area (Å²) in [6.07, 6.45) is 2.31. The maximum absolute atomic E-state index is 3.87. The predicted octanol–water partition coefficient (Wildman–Crippen LogP) is 1.86. The Hall–Kier alpha value is -0.460. The Kier molecular flexibility index (Phi) is 3.33. The molecule has 0 saturated heterocycles. The Morgan fingerprint density at radius 2 is 2.00 bits per heavy atom. The molecule has 0 spiro atoms. The van der Waals surface area contributed by atoms with Crippen molar-refractivity contribution >= 4 is 0 Å². The third-order valence-corrected chi connectivity index (χ3v) is 1.17. The highest BCUT2D eigenvalue weighted by atomic mass is 15.1. The van der Waals surface area contributed by atoms with Crippen LogP contribution in [0.25, 0.3) is 0 Å². The van der Waals surface area contributed by atoms with E-state index >= 15 is 0 Å². The van der Waals surface area contributed by atoms with Gasteiger partial charge in [0.15, 0.2) is 0 Å². The molecule has 0 aliphatic carbocycles. The van der Waals surface area contributed by atoms with Crippen molar-refractivity contribution in [1.82, 2.24) is 4.90 Å². The summed E-state index contributed by atoms with van der Waals surface area (Å²) in [5.74, 6) is 0. The van der Waals surface area contributed by atoms with Crippen molar-refractivity contribution in [2.45, 2.75) is 19.8 Å². The van der Waals surface area contributed by atoms with Gasteiger partial charge in [0.05, 0.1) is 0 Å². The Labute approximate surface area is 52.0 Å². The average molecular weight is 113 g/mol. The van der Waals surface area contributed by atoms with Crippen LogP contribution in [0.2, 0.25) is 0 Å². The lowest BCUT2D eigenvalue weighted by Crippen LogP contribution is -2.08. The normalized spacial score (nSPS) is 8.88. The molecule has 0 aromatic rings.